The van der Waals surface area contributed by atoms with E-state index in [0.29, 0.717) is 10.7 Å². The van der Waals surface area contributed by atoms with Gasteiger partial charge in [-0.05, 0) is 32.9 Å². The zero-order valence-electron chi connectivity index (χ0n) is 9.53. The minimum absolute atomic E-state index is 0.0619. The van der Waals surface area contributed by atoms with Gasteiger partial charge in [-0.25, -0.2) is 0 Å². The molecule has 0 bridgehead atoms. The molecule has 0 aromatic heterocycles. The second kappa shape index (κ2) is 3.75. The van der Waals surface area contributed by atoms with Gasteiger partial charge in [-0.3, -0.25) is 9.63 Å². The molecule has 1 amide bonds. The van der Waals surface area contributed by atoms with E-state index in [1.807, 2.05) is 32.9 Å². The second-order valence-corrected chi connectivity index (χ2v) is 4.93. The van der Waals surface area contributed by atoms with Crippen LogP contribution in [0.1, 0.15) is 20.8 Å². The van der Waals surface area contributed by atoms with Crippen molar-refractivity contribution in [2.24, 2.45) is 5.41 Å². The number of rotatable bonds is 1. The first kappa shape index (κ1) is 11.4. The SMILES string of the molecule is CC1ON(c2ccccc2Cl)C(=O)C1(C)C. The number of nitrogens with zero attached hydrogens (tertiary/aromatic N) is 1. The van der Waals surface area contributed by atoms with E-state index in [1.54, 1.807) is 12.1 Å². The molecule has 0 saturated carbocycles. The van der Waals surface area contributed by atoms with Crippen molar-refractivity contribution in [2.45, 2.75) is 26.9 Å². The van der Waals surface area contributed by atoms with Gasteiger partial charge in [-0.2, -0.15) is 5.06 Å². The van der Waals surface area contributed by atoms with E-state index in [2.05, 4.69) is 0 Å². The van der Waals surface area contributed by atoms with Crippen LogP contribution in [0.25, 0.3) is 0 Å². The Kier molecular flexibility index (Phi) is 2.68. The first-order valence-corrected chi connectivity index (χ1v) is 5.58. The Hall–Kier alpha value is -1.06. The summed E-state index contributed by atoms with van der Waals surface area (Å²) in [5.74, 6) is -0.0619. The number of carbonyl (C=O) groups excluding carboxylic acids is 1. The topological polar surface area (TPSA) is 29.5 Å². The molecule has 0 spiro atoms. The fourth-order valence-corrected chi connectivity index (χ4v) is 1.77. The third-order valence-corrected chi connectivity index (χ3v) is 3.41. The van der Waals surface area contributed by atoms with Crippen molar-refractivity contribution >= 4 is 23.2 Å². The van der Waals surface area contributed by atoms with Gasteiger partial charge >= 0.3 is 0 Å². The maximum absolute atomic E-state index is 12.1. The first-order valence-electron chi connectivity index (χ1n) is 5.20. The minimum atomic E-state index is -0.515. The molecule has 1 atom stereocenters. The molecule has 1 aromatic rings. The van der Waals surface area contributed by atoms with Gasteiger partial charge in [0.25, 0.3) is 5.91 Å². The quantitative estimate of drug-likeness (QED) is 0.754. The molecule has 1 unspecified atom stereocenters. The number of hydroxylamine groups is 1. The molecule has 1 aromatic carbocycles. The fraction of sp³-hybridized carbons (Fsp3) is 0.417. The predicted molar refractivity (Wildman–Crippen MR) is 63.3 cm³/mol. The van der Waals surface area contributed by atoms with Gasteiger partial charge in [-0.1, -0.05) is 23.7 Å². The third-order valence-electron chi connectivity index (χ3n) is 3.09. The normalized spacial score (nSPS) is 23.9. The minimum Gasteiger partial charge on any atom is -0.271 e. The van der Waals surface area contributed by atoms with Gasteiger partial charge in [0.1, 0.15) is 0 Å². The summed E-state index contributed by atoms with van der Waals surface area (Å²) in [5, 5.41) is 1.81. The highest BCUT2D eigenvalue weighted by molar-refractivity contribution is 6.33. The van der Waals surface area contributed by atoms with Crippen LogP contribution in [-0.2, 0) is 9.63 Å². The number of hydrogen-bond donors (Lipinski definition) is 0. The van der Waals surface area contributed by atoms with Gasteiger partial charge in [0.2, 0.25) is 0 Å². The Bertz CT molecular complexity index is 431. The third kappa shape index (κ3) is 1.60. The summed E-state index contributed by atoms with van der Waals surface area (Å²) < 4.78 is 0. The summed E-state index contributed by atoms with van der Waals surface area (Å²) in [7, 11) is 0. The average molecular weight is 240 g/mol. The molecule has 86 valence electrons. The van der Waals surface area contributed by atoms with Gasteiger partial charge < -0.3 is 0 Å². The van der Waals surface area contributed by atoms with E-state index in [4.69, 9.17) is 16.4 Å². The lowest BCUT2D eigenvalue weighted by Crippen LogP contribution is -2.32. The van der Waals surface area contributed by atoms with Crippen LogP contribution in [0, 0.1) is 5.41 Å². The molecule has 16 heavy (non-hydrogen) atoms. The van der Waals surface area contributed by atoms with Crippen molar-refractivity contribution in [2.75, 3.05) is 5.06 Å². The first-order chi connectivity index (χ1) is 7.44. The van der Waals surface area contributed by atoms with Gasteiger partial charge in [0, 0.05) is 0 Å². The molecule has 2 rings (SSSR count). The van der Waals surface area contributed by atoms with Crippen LogP contribution in [0.2, 0.25) is 5.02 Å². The Morgan fingerprint density at radius 2 is 2.00 bits per heavy atom. The largest absolute Gasteiger partial charge is 0.271 e. The smallest absolute Gasteiger partial charge is 0.259 e. The van der Waals surface area contributed by atoms with Crippen molar-refractivity contribution in [1.29, 1.82) is 0 Å². The number of halogens is 1. The maximum Gasteiger partial charge on any atom is 0.259 e. The van der Waals surface area contributed by atoms with Crippen molar-refractivity contribution < 1.29 is 9.63 Å². The molecule has 1 heterocycles. The van der Waals surface area contributed by atoms with Crippen LogP contribution in [-0.4, -0.2) is 12.0 Å². The Balaban J connectivity index is 2.39. The van der Waals surface area contributed by atoms with Crippen LogP contribution < -0.4 is 5.06 Å². The molecule has 0 aliphatic carbocycles. The summed E-state index contributed by atoms with van der Waals surface area (Å²) >= 11 is 6.04. The zero-order chi connectivity index (χ0) is 11.9. The van der Waals surface area contributed by atoms with E-state index in [9.17, 15) is 4.79 Å². The summed E-state index contributed by atoms with van der Waals surface area (Å²) in [6, 6.07) is 7.16. The summed E-state index contributed by atoms with van der Waals surface area (Å²) in [4.78, 5) is 17.7. The van der Waals surface area contributed by atoms with Crippen molar-refractivity contribution in [3.8, 4) is 0 Å². The Morgan fingerprint density at radius 1 is 1.38 bits per heavy atom. The summed E-state index contributed by atoms with van der Waals surface area (Å²) in [6.07, 6.45) is -0.156. The molecule has 1 aliphatic heterocycles. The number of hydrogen-bond acceptors (Lipinski definition) is 2. The highest BCUT2D eigenvalue weighted by Crippen LogP contribution is 2.38. The van der Waals surface area contributed by atoms with Crippen molar-refractivity contribution in [3.05, 3.63) is 29.3 Å². The molecule has 4 heteroatoms. The van der Waals surface area contributed by atoms with Gasteiger partial charge in [0.05, 0.1) is 22.2 Å². The molecule has 1 fully saturated rings. The van der Waals surface area contributed by atoms with E-state index in [-0.39, 0.29) is 12.0 Å². The van der Waals surface area contributed by atoms with Crippen LogP contribution in [0.3, 0.4) is 0 Å². The van der Waals surface area contributed by atoms with E-state index < -0.39 is 5.41 Å². The number of para-hydroxylation sites is 1. The highest BCUT2D eigenvalue weighted by atomic mass is 35.5. The van der Waals surface area contributed by atoms with E-state index in [1.165, 1.54) is 5.06 Å². The van der Waals surface area contributed by atoms with Crippen LogP contribution in [0.15, 0.2) is 24.3 Å². The molecular formula is C12H14ClNO2. The fourth-order valence-electron chi connectivity index (χ4n) is 1.56. The molecule has 1 saturated heterocycles. The Labute approximate surface area is 99.9 Å². The summed E-state index contributed by atoms with van der Waals surface area (Å²) in [5.41, 5.74) is 0.0886. The molecular weight excluding hydrogens is 226 g/mol. The number of carbonyl (C=O) groups is 1. The predicted octanol–water partition coefficient (Wildman–Crippen LogP) is 3.03. The lowest BCUT2D eigenvalue weighted by Gasteiger charge is -2.17. The van der Waals surface area contributed by atoms with Crippen LogP contribution in [0.4, 0.5) is 5.69 Å². The monoisotopic (exact) mass is 239 g/mol. The molecule has 3 nitrogen and oxygen atoms in total. The lowest BCUT2D eigenvalue weighted by molar-refractivity contribution is -0.124. The summed E-state index contributed by atoms with van der Waals surface area (Å²) in [6.45, 7) is 5.63. The van der Waals surface area contributed by atoms with Crippen molar-refractivity contribution in [1.82, 2.24) is 0 Å². The average Bonchev–Trinajstić information content (AvgIpc) is 2.43. The van der Waals surface area contributed by atoms with Crippen LogP contribution >= 0.6 is 11.6 Å². The highest BCUT2D eigenvalue weighted by Gasteiger charge is 2.47. The molecule has 0 radical (unpaired) electrons. The number of amides is 1. The Morgan fingerprint density at radius 3 is 2.50 bits per heavy atom. The number of benzene rings is 1. The van der Waals surface area contributed by atoms with Gasteiger partial charge in [0.15, 0.2) is 0 Å². The van der Waals surface area contributed by atoms with Crippen LogP contribution in [0.5, 0.6) is 0 Å². The van der Waals surface area contributed by atoms with E-state index >= 15 is 0 Å². The zero-order valence-corrected chi connectivity index (χ0v) is 10.3. The number of anilines is 1. The molecule has 1 aliphatic rings. The molecule has 0 N–H and O–H groups in total. The second-order valence-electron chi connectivity index (χ2n) is 4.52. The lowest BCUT2D eigenvalue weighted by atomic mass is 9.87. The van der Waals surface area contributed by atoms with E-state index in [0.717, 1.165) is 0 Å². The standard InChI is InChI=1S/C12H14ClNO2/c1-8-12(2,3)11(15)14(16-8)10-7-5-4-6-9(10)13/h4-8H,1-3H3. The van der Waals surface area contributed by atoms with Crippen molar-refractivity contribution in [3.63, 3.8) is 0 Å². The van der Waals surface area contributed by atoms with Gasteiger partial charge in [-0.15, -0.1) is 0 Å². The maximum atomic E-state index is 12.1.